The van der Waals surface area contributed by atoms with Crippen LogP contribution in [-0.4, -0.2) is 17.3 Å². The number of ether oxygens (including phenoxy) is 1. The smallest absolute Gasteiger partial charge is 0.271 e. The number of nitro benzene ring substituents is 1. The van der Waals surface area contributed by atoms with Crippen LogP contribution in [0.5, 0.6) is 5.75 Å². The van der Waals surface area contributed by atoms with Crippen molar-refractivity contribution in [3.63, 3.8) is 0 Å². The lowest BCUT2D eigenvalue weighted by molar-refractivity contribution is -0.384. The maximum atomic E-state index is 10.5. The summed E-state index contributed by atoms with van der Waals surface area (Å²) in [6, 6.07) is 4.19. The Balaban J connectivity index is 2.69. The van der Waals surface area contributed by atoms with Crippen LogP contribution in [0.4, 0.5) is 5.69 Å². The zero-order valence-corrected chi connectivity index (χ0v) is 11.1. The van der Waals surface area contributed by atoms with Gasteiger partial charge in [-0.1, -0.05) is 18.5 Å². The van der Waals surface area contributed by atoms with E-state index in [1.165, 1.54) is 18.2 Å². The van der Waals surface area contributed by atoms with Gasteiger partial charge in [-0.25, -0.2) is 0 Å². The van der Waals surface area contributed by atoms with E-state index in [9.17, 15) is 10.1 Å². The van der Waals surface area contributed by atoms with Gasteiger partial charge in [-0.05, 0) is 18.2 Å². The maximum absolute atomic E-state index is 10.5. The van der Waals surface area contributed by atoms with E-state index >= 15 is 0 Å². The lowest BCUT2D eigenvalue weighted by atomic mass is 10.1. The van der Waals surface area contributed by atoms with Crippen LogP contribution in [0.15, 0.2) is 18.2 Å². The van der Waals surface area contributed by atoms with Gasteiger partial charge >= 0.3 is 0 Å². The molecule has 0 aromatic heterocycles. The third-order valence-corrected chi connectivity index (χ3v) is 3.25. The Morgan fingerprint density at radius 1 is 1.59 bits per heavy atom. The third-order valence-electron chi connectivity index (χ3n) is 2.44. The van der Waals surface area contributed by atoms with Crippen molar-refractivity contribution >= 4 is 29.9 Å². The summed E-state index contributed by atoms with van der Waals surface area (Å²) in [5.41, 5.74) is -0.0383. The molecule has 0 spiro atoms. The third kappa shape index (κ3) is 4.09. The molecule has 1 aromatic carbocycles. The molecule has 0 aliphatic rings. The van der Waals surface area contributed by atoms with Gasteiger partial charge in [0.2, 0.25) is 0 Å². The normalized spacial score (nSPS) is 12.2. The molecule has 0 heterocycles. The van der Waals surface area contributed by atoms with Crippen molar-refractivity contribution in [2.75, 3.05) is 12.4 Å². The number of hydrogen-bond donors (Lipinski definition) is 1. The first-order valence-corrected chi connectivity index (χ1v) is 6.27. The van der Waals surface area contributed by atoms with Gasteiger partial charge in [0.1, 0.15) is 5.75 Å². The van der Waals surface area contributed by atoms with Crippen LogP contribution < -0.4 is 4.74 Å². The molecular formula is C11H14ClNO3S. The summed E-state index contributed by atoms with van der Waals surface area (Å²) in [5, 5.41) is 10.8. The van der Waals surface area contributed by atoms with E-state index in [1.807, 2.05) is 0 Å². The number of halogens is 1. The first-order chi connectivity index (χ1) is 8.08. The van der Waals surface area contributed by atoms with Gasteiger partial charge in [0, 0.05) is 18.1 Å². The fraction of sp³-hybridized carbons (Fsp3) is 0.455. The number of non-ortho nitro benzene ring substituents is 1. The molecule has 0 radical (unpaired) electrons. The molecule has 0 N–H and O–H groups in total. The molecule has 0 aliphatic heterocycles. The lowest BCUT2D eigenvalue weighted by Crippen LogP contribution is -2.12. The van der Waals surface area contributed by atoms with Gasteiger partial charge in [0.15, 0.2) is 0 Å². The summed E-state index contributed by atoms with van der Waals surface area (Å²) in [5.74, 6) is 1.56. The van der Waals surface area contributed by atoms with Gasteiger partial charge in [-0.15, -0.1) is 0 Å². The van der Waals surface area contributed by atoms with E-state index in [-0.39, 0.29) is 10.7 Å². The maximum Gasteiger partial charge on any atom is 0.271 e. The second kappa shape index (κ2) is 6.71. The highest BCUT2D eigenvalue weighted by molar-refractivity contribution is 7.80. The molecule has 0 bridgehead atoms. The molecule has 0 saturated carbocycles. The molecule has 1 unspecified atom stereocenters. The number of nitrogens with zero attached hydrogens (tertiary/aromatic N) is 1. The van der Waals surface area contributed by atoms with E-state index in [0.717, 1.165) is 12.2 Å². The Labute approximate surface area is 110 Å². The molecular weight excluding hydrogens is 262 g/mol. The highest BCUT2D eigenvalue weighted by atomic mass is 35.5. The molecule has 17 heavy (non-hydrogen) atoms. The molecule has 1 rings (SSSR count). The predicted molar refractivity (Wildman–Crippen MR) is 71.2 cm³/mol. The van der Waals surface area contributed by atoms with Gasteiger partial charge in [0.05, 0.1) is 16.6 Å². The largest absolute Gasteiger partial charge is 0.492 e. The minimum absolute atomic E-state index is 0.0383. The summed E-state index contributed by atoms with van der Waals surface area (Å²) in [4.78, 5) is 10.0. The molecule has 4 nitrogen and oxygen atoms in total. The van der Waals surface area contributed by atoms with Crippen molar-refractivity contribution in [1.82, 2.24) is 0 Å². The Morgan fingerprint density at radius 2 is 2.29 bits per heavy atom. The summed E-state index contributed by atoms with van der Waals surface area (Å²) < 4.78 is 5.51. The van der Waals surface area contributed by atoms with Gasteiger partial charge in [-0.2, -0.15) is 12.6 Å². The standard InChI is InChI=1S/C11H14ClNO3S/c1-2-8(7-17)6-16-11-4-3-9(13(14)15)5-10(11)12/h3-5,8,17H,2,6-7H2,1H3. The topological polar surface area (TPSA) is 52.4 Å². The lowest BCUT2D eigenvalue weighted by Gasteiger charge is -2.14. The number of nitro groups is 1. The Kier molecular flexibility index (Phi) is 5.58. The minimum Gasteiger partial charge on any atom is -0.492 e. The van der Waals surface area contributed by atoms with Crippen LogP contribution in [0.25, 0.3) is 0 Å². The molecule has 6 heteroatoms. The Bertz CT molecular complexity index is 396. The van der Waals surface area contributed by atoms with Gasteiger partial charge in [0.25, 0.3) is 5.69 Å². The van der Waals surface area contributed by atoms with Crippen LogP contribution in [0.2, 0.25) is 5.02 Å². The Hall–Kier alpha value is -0.940. The van der Waals surface area contributed by atoms with E-state index in [4.69, 9.17) is 16.3 Å². The first kappa shape index (κ1) is 14.1. The van der Waals surface area contributed by atoms with Crippen molar-refractivity contribution in [3.05, 3.63) is 33.3 Å². The van der Waals surface area contributed by atoms with Crippen molar-refractivity contribution in [3.8, 4) is 5.75 Å². The van der Waals surface area contributed by atoms with Crippen LogP contribution in [0.1, 0.15) is 13.3 Å². The van der Waals surface area contributed by atoms with E-state index in [1.54, 1.807) is 0 Å². The molecule has 0 amide bonds. The fourth-order valence-electron chi connectivity index (χ4n) is 1.23. The van der Waals surface area contributed by atoms with Crippen molar-refractivity contribution in [2.45, 2.75) is 13.3 Å². The van der Waals surface area contributed by atoms with Crippen molar-refractivity contribution in [1.29, 1.82) is 0 Å². The molecule has 1 aromatic rings. The van der Waals surface area contributed by atoms with E-state index < -0.39 is 4.92 Å². The van der Waals surface area contributed by atoms with Crippen LogP contribution in [-0.2, 0) is 0 Å². The summed E-state index contributed by atoms with van der Waals surface area (Å²) in [6.45, 7) is 2.57. The number of benzene rings is 1. The SMILES string of the molecule is CCC(CS)COc1ccc([N+](=O)[O-])cc1Cl. The zero-order chi connectivity index (χ0) is 12.8. The quantitative estimate of drug-likeness (QED) is 0.490. The average Bonchev–Trinajstić information content (AvgIpc) is 2.31. The molecule has 1 atom stereocenters. The summed E-state index contributed by atoms with van der Waals surface area (Å²) in [7, 11) is 0. The second-order valence-corrected chi connectivity index (χ2v) is 4.41. The minimum atomic E-state index is -0.488. The Morgan fingerprint density at radius 3 is 2.76 bits per heavy atom. The summed E-state index contributed by atoms with van der Waals surface area (Å²) in [6.07, 6.45) is 0.966. The fourth-order valence-corrected chi connectivity index (χ4v) is 1.82. The van der Waals surface area contributed by atoms with E-state index in [2.05, 4.69) is 19.6 Å². The highest BCUT2D eigenvalue weighted by Gasteiger charge is 2.11. The van der Waals surface area contributed by atoms with Crippen molar-refractivity contribution < 1.29 is 9.66 Å². The monoisotopic (exact) mass is 275 g/mol. The number of hydrogen-bond acceptors (Lipinski definition) is 4. The zero-order valence-electron chi connectivity index (χ0n) is 9.43. The highest BCUT2D eigenvalue weighted by Crippen LogP contribution is 2.29. The van der Waals surface area contributed by atoms with Gasteiger partial charge < -0.3 is 4.74 Å². The van der Waals surface area contributed by atoms with E-state index in [0.29, 0.717) is 18.3 Å². The second-order valence-electron chi connectivity index (χ2n) is 3.64. The van der Waals surface area contributed by atoms with Crippen LogP contribution in [0, 0.1) is 16.0 Å². The number of thiol groups is 1. The van der Waals surface area contributed by atoms with Crippen LogP contribution >= 0.6 is 24.2 Å². The summed E-state index contributed by atoms with van der Waals surface area (Å²) >= 11 is 10.1. The molecule has 0 aliphatic carbocycles. The molecule has 0 fully saturated rings. The first-order valence-electron chi connectivity index (χ1n) is 5.26. The average molecular weight is 276 g/mol. The molecule has 94 valence electrons. The molecule has 0 saturated heterocycles. The van der Waals surface area contributed by atoms with Crippen molar-refractivity contribution in [2.24, 2.45) is 5.92 Å². The van der Waals surface area contributed by atoms with Crippen LogP contribution in [0.3, 0.4) is 0 Å². The predicted octanol–water partition coefficient (Wildman–Crippen LogP) is 3.58. The van der Waals surface area contributed by atoms with Gasteiger partial charge in [-0.3, -0.25) is 10.1 Å². The number of rotatable bonds is 6.